The molecule has 44 heavy (non-hydrogen) atoms. The number of piperidine rings is 1. The SMILES string of the molecule is CCOC(=O)c1cc(C(=C2CCN(C(=O)C(=O)c3c[nH]c4c([NH+]=CN=C(C)N)ncc(OC)c34)CC2)c2ccccc2)n[nH]1. The number of carbonyl (C=O) groups is 3. The van der Waals surface area contributed by atoms with Gasteiger partial charge in [-0.15, -0.1) is 4.98 Å². The third-order valence-electron chi connectivity index (χ3n) is 7.20. The molecule has 0 atom stereocenters. The molecule has 1 amide bonds. The summed E-state index contributed by atoms with van der Waals surface area (Å²) < 4.78 is 10.6. The summed E-state index contributed by atoms with van der Waals surface area (Å²) in [6.07, 6.45) is 5.39. The second-order valence-electron chi connectivity index (χ2n) is 10.0. The highest BCUT2D eigenvalue weighted by Crippen LogP contribution is 2.33. The molecule has 13 nitrogen and oxygen atoms in total. The second-order valence-corrected chi connectivity index (χ2v) is 10.0. The number of Topliss-reactive ketones (excluding diaryl/α,β-unsaturated/α-hetero) is 1. The largest absolute Gasteiger partial charge is 0.493 e. The van der Waals surface area contributed by atoms with Crippen molar-refractivity contribution in [1.82, 2.24) is 25.1 Å². The minimum atomic E-state index is -0.659. The van der Waals surface area contributed by atoms with Crippen LogP contribution in [-0.4, -0.2) is 81.7 Å². The lowest BCUT2D eigenvalue weighted by Crippen LogP contribution is -2.62. The first-order valence-electron chi connectivity index (χ1n) is 14.1. The number of benzene rings is 1. The van der Waals surface area contributed by atoms with E-state index in [1.165, 1.54) is 25.8 Å². The quantitative estimate of drug-likeness (QED) is 0.0741. The van der Waals surface area contributed by atoms with Gasteiger partial charge in [0.15, 0.2) is 11.6 Å². The van der Waals surface area contributed by atoms with Crippen LogP contribution in [0.25, 0.3) is 16.5 Å². The Kier molecular flexibility index (Phi) is 8.93. The first-order chi connectivity index (χ1) is 21.3. The van der Waals surface area contributed by atoms with Gasteiger partial charge >= 0.3 is 5.97 Å². The van der Waals surface area contributed by atoms with Gasteiger partial charge in [-0.3, -0.25) is 14.7 Å². The van der Waals surface area contributed by atoms with E-state index in [1.54, 1.807) is 24.8 Å². The van der Waals surface area contributed by atoms with Gasteiger partial charge in [0.1, 0.15) is 17.4 Å². The molecule has 0 saturated carbocycles. The van der Waals surface area contributed by atoms with Crippen LogP contribution in [0.3, 0.4) is 0 Å². The van der Waals surface area contributed by atoms with E-state index in [1.807, 2.05) is 30.3 Å². The number of ketones is 1. The number of likely N-dealkylation sites (tertiary alicyclic amines) is 1. The van der Waals surface area contributed by atoms with Gasteiger partial charge < -0.3 is 25.1 Å². The molecule has 5 N–H and O–H groups in total. The summed E-state index contributed by atoms with van der Waals surface area (Å²) in [7, 11) is 1.47. The standard InChI is InChI=1S/C31H32N8O5/c1-4-44-31(42)23-14-22(37-38-23)25(19-8-6-5-7-9-19)20-10-12-39(13-11-20)30(41)28(40)21-15-33-27-26(21)24(43-3)16-34-29(27)36-17-35-18(2)32/h5-9,14-17,33H,4,10-13H2,1-3H3,(H,37,38)(H2,32,34,35,36)/p+1. The summed E-state index contributed by atoms with van der Waals surface area (Å²) in [5, 5.41) is 7.62. The molecule has 4 heterocycles. The Bertz CT molecular complexity index is 1790. The molecule has 0 aliphatic carbocycles. The van der Waals surface area contributed by atoms with Gasteiger partial charge in [-0.05, 0) is 31.4 Å². The Balaban J connectivity index is 1.40. The molecule has 4 aromatic rings. The predicted octanol–water partition coefficient (Wildman–Crippen LogP) is 1.90. The summed E-state index contributed by atoms with van der Waals surface area (Å²) in [5.41, 5.74) is 10.0. The maximum absolute atomic E-state index is 13.6. The number of aliphatic imine (C=N–C) groups is 1. The third-order valence-corrected chi connectivity index (χ3v) is 7.20. The van der Waals surface area contributed by atoms with Crippen LogP contribution in [0.15, 0.2) is 59.4 Å². The van der Waals surface area contributed by atoms with Gasteiger partial charge in [0, 0.05) is 31.8 Å². The molecule has 3 aromatic heterocycles. The Morgan fingerprint density at radius 1 is 1.18 bits per heavy atom. The Labute approximate surface area is 252 Å². The van der Waals surface area contributed by atoms with Gasteiger partial charge in [0.2, 0.25) is 6.34 Å². The molecule has 1 aromatic carbocycles. The number of rotatable bonds is 9. The molecule has 226 valence electrons. The van der Waals surface area contributed by atoms with Crippen molar-refractivity contribution in [3.63, 3.8) is 0 Å². The Hall–Kier alpha value is -5.59. The number of H-pyrrole nitrogens is 2. The summed E-state index contributed by atoms with van der Waals surface area (Å²) in [6, 6.07) is 11.4. The topological polar surface area (TPSA) is 183 Å². The van der Waals surface area contributed by atoms with Crippen LogP contribution < -0.4 is 15.5 Å². The summed E-state index contributed by atoms with van der Waals surface area (Å²) in [4.78, 5) is 55.2. The van der Waals surface area contributed by atoms with E-state index in [4.69, 9.17) is 15.2 Å². The van der Waals surface area contributed by atoms with Crippen molar-refractivity contribution >= 4 is 52.1 Å². The summed E-state index contributed by atoms with van der Waals surface area (Å²) in [5.74, 6) is -0.654. The molecule has 1 fully saturated rings. The van der Waals surface area contributed by atoms with E-state index in [2.05, 4.69) is 30.2 Å². The van der Waals surface area contributed by atoms with E-state index >= 15 is 0 Å². The van der Waals surface area contributed by atoms with Crippen LogP contribution in [0, 0.1) is 0 Å². The number of hydrogen-bond donors (Lipinski definition) is 4. The molecular weight excluding hydrogens is 564 g/mol. The number of fused-ring (bicyclic) bond motifs is 1. The minimum absolute atomic E-state index is 0.181. The maximum Gasteiger partial charge on any atom is 0.356 e. The highest BCUT2D eigenvalue weighted by Gasteiger charge is 2.31. The number of carbonyl (C=O) groups excluding carboxylic acids is 3. The number of aromatic amines is 2. The van der Waals surface area contributed by atoms with Gasteiger partial charge in [0.05, 0.1) is 30.4 Å². The minimum Gasteiger partial charge on any atom is -0.493 e. The number of nitrogens with one attached hydrogen (secondary N) is 3. The fourth-order valence-electron chi connectivity index (χ4n) is 5.15. The van der Waals surface area contributed by atoms with E-state index < -0.39 is 17.7 Å². The average Bonchev–Trinajstić information content (AvgIpc) is 3.70. The molecule has 1 saturated heterocycles. The number of amides is 1. The van der Waals surface area contributed by atoms with Gasteiger partial charge in [-0.2, -0.15) is 5.10 Å². The molecule has 0 bridgehead atoms. The number of amidine groups is 1. The monoisotopic (exact) mass is 597 g/mol. The lowest BCUT2D eigenvalue weighted by Gasteiger charge is -2.29. The van der Waals surface area contributed by atoms with E-state index in [-0.39, 0.29) is 17.9 Å². The molecule has 0 spiro atoms. The fraction of sp³-hybridized carbons (Fsp3) is 0.258. The highest BCUT2D eigenvalue weighted by molar-refractivity contribution is 6.45. The van der Waals surface area contributed by atoms with Crippen molar-refractivity contribution in [2.75, 3.05) is 26.8 Å². The smallest absolute Gasteiger partial charge is 0.356 e. The van der Waals surface area contributed by atoms with Crippen LogP contribution in [0.4, 0.5) is 5.82 Å². The normalized spacial score (nSPS) is 13.8. The predicted molar refractivity (Wildman–Crippen MR) is 164 cm³/mol. The fourth-order valence-corrected chi connectivity index (χ4v) is 5.15. The molecular formula is C31H33N8O5+. The summed E-state index contributed by atoms with van der Waals surface area (Å²) >= 11 is 0. The van der Waals surface area contributed by atoms with Crippen molar-refractivity contribution in [2.24, 2.45) is 10.7 Å². The molecule has 1 aliphatic rings. The Morgan fingerprint density at radius 2 is 1.93 bits per heavy atom. The van der Waals surface area contributed by atoms with Crippen LogP contribution in [0.2, 0.25) is 0 Å². The number of ether oxygens (including phenoxy) is 2. The zero-order valence-electron chi connectivity index (χ0n) is 24.6. The van der Waals surface area contributed by atoms with Crippen molar-refractivity contribution in [2.45, 2.75) is 26.7 Å². The van der Waals surface area contributed by atoms with Crippen molar-refractivity contribution in [3.8, 4) is 5.75 Å². The van der Waals surface area contributed by atoms with Crippen LogP contribution in [0.1, 0.15) is 58.8 Å². The number of hydrogen-bond acceptors (Lipinski definition) is 7. The number of pyridine rings is 1. The number of aromatic nitrogens is 4. The molecule has 5 rings (SSSR count). The lowest BCUT2D eigenvalue weighted by atomic mass is 9.90. The van der Waals surface area contributed by atoms with E-state index in [9.17, 15) is 14.4 Å². The first kappa shape index (κ1) is 29.9. The number of methoxy groups -OCH3 is 1. The molecule has 0 radical (unpaired) electrons. The zero-order chi connectivity index (χ0) is 31.2. The van der Waals surface area contributed by atoms with Gasteiger partial charge in [-0.1, -0.05) is 40.9 Å². The second kappa shape index (κ2) is 13.2. The van der Waals surface area contributed by atoms with Crippen LogP contribution >= 0.6 is 0 Å². The highest BCUT2D eigenvalue weighted by atomic mass is 16.5. The Morgan fingerprint density at radius 3 is 2.61 bits per heavy atom. The maximum atomic E-state index is 13.6. The number of nitrogens with zero attached hydrogens (tertiary/aromatic N) is 4. The van der Waals surface area contributed by atoms with Crippen molar-refractivity contribution in [3.05, 3.63) is 76.9 Å². The van der Waals surface area contributed by atoms with Crippen LogP contribution in [-0.2, 0) is 9.53 Å². The number of nitrogens with two attached hydrogens (primary N) is 1. The van der Waals surface area contributed by atoms with Gasteiger partial charge in [0.25, 0.3) is 17.5 Å². The van der Waals surface area contributed by atoms with Crippen molar-refractivity contribution in [1.29, 1.82) is 0 Å². The summed E-state index contributed by atoms with van der Waals surface area (Å²) in [6.45, 7) is 4.32. The van der Waals surface area contributed by atoms with Gasteiger partial charge in [-0.25, -0.2) is 9.79 Å². The zero-order valence-corrected chi connectivity index (χ0v) is 24.6. The van der Waals surface area contributed by atoms with E-state index in [0.717, 1.165) is 16.7 Å². The van der Waals surface area contributed by atoms with Crippen molar-refractivity contribution < 1.29 is 28.8 Å². The average molecular weight is 598 g/mol. The number of esters is 1. The van der Waals surface area contributed by atoms with Crippen LogP contribution in [0.5, 0.6) is 5.75 Å². The third kappa shape index (κ3) is 6.11. The molecule has 1 aliphatic heterocycles. The molecule has 13 heteroatoms. The van der Waals surface area contributed by atoms with E-state index in [0.29, 0.717) is 59.9 Å². The molecule has 0 unspecified atom stereocenters. The first-order valence-corrected chi connectivity index (χ1v) is 14.1. The lowest BCUT2D eigenvalue weighted by molar-refractivity contribution is -0.351.